The SMILES string of the molecule is C=CCNc1nc(Cl)nc2scc(-c3ccc(OC)cc3)c12. The quantitative estimate of drug-likeness (QED) is 0.547. The number of methoxy groups -OCH3 is 1. The zero-order valence-corrected chi connectivity index (χ0v) is 13.5. The minimum absolute atomic E-state index is 0.238. The van der Waals surface area contributed by atoms with Crippen molar-refractivity contribution >= 4 is 39.0 Å². The summed E-state index contributed by atoms with van der Waals surface area (Å²) in [6, 6.07) is 7.91. The van der Waals surface area contributed by atoms with Crippen LogP contribution in [-0.4, -0.2) is 23.6 Å². The van der Waals surface area contributed by atoms with E-state index in [0.717, 1.165) is 32.9 Å². The summed E-state index contributed by atoms with van der Waals surface area (Å²) in [4.78, 5) is 9.47. The molecule has 6 heteroatoms. The summed E-state index contributed by atoms with van der Waals surface area (Å²) in [6.07, 6.45) is 1.78. The van der Waals surface area contributed by atoms with Crippen molar-refractivity contribution in [2.45, 2.75) is 0 Å². The molecule has 3 rings (SSSR count). The molecule has 2 heterocycles. The van der Waals surface area contributed by atoms with Crippen LogP contribution in [0.3, 0.4) is 0 Å². The number of hydrogen-bond donors (Lipinski definition) is 1. The van der Waals surface area contributed by atoms with E-state index in [1.807, 2.05) is 24.3 Å². The number of rotatable bonds is 5. The lowest BCUT2D eigenvalue weighted by Gasteiger charge is -2.08. The number of anilines is 1. The lowest BCUT2D eigenvalue weighted by molar-refractivity contribution is 0.415. The molecule has 0 unspecified atom stereocenters. The molecule has 0 atom stereocenters. The molecule has 112 valence electrons. The first-order valence-corrected chi connectivity index (χ1v) is 7.92. The van der Waals surface area contributed by atoms with Gasteiger partial charge in [-0.2, -0.15) is 0 Å². The third-order valence-electron chi connectivity index (χ3n) is 3.22. The van der Waals surface area contributed by atoms with Crippen molar-refractivity contribution in [2.75, 3.05) is 19.0 Å². The molecule has 0 amide bonds. The Balaban J connectivity index is 2.14. The second-order valence-electron chi connectivity index (χ2n) is 4.57. The fraction of sp³-hybridized carbons (Fsp3) is 0.125. The summed E-state index contributed by atoms with van der Waals surface area (Å²) in [5, 5.41) is 6.50. The number of nitrogens with one attached hydrogen (secondary N) is 1. The standard InChI is InChI=1S/C16H14ClN3OS/c1-3-8-18-14-13-12(9-22-15(13)20-16(17)19-14)10-4-6-11(21-2)7-5-10/h3-7,9H,1,8H2,2H3,(H,18,19,20). The van der Waals surface area contributed by atoms with E-state index in [9.17, 15) is 0 Å². The van der Waals surface area contributed by atoms with E-state index in [1.54, 1.807) is 24.5 Å². The Morgan fingerprint density at radius 3 is 2.77 bits per heavy atom. The summed E-state index contributed by atoms with van der Waals surface area (Å²) in [7, 11) is 1.65. The molecule has 1 N–H and O–H groups in total. The summed E-state index contributed by atoms with van der Waals surface area (Å²) < 4.78 is 5.20. The Labute approximate surface area is 137 Å². The molecule has 0 aliphatic carbocycles. The Morgan fingerprint density at radius 2 is 2.09 bits per heavy atom. The number of ether oxygens (including phenoxy) is 1. The van der Waals surface area contributed by atoms with Gasteiger partial charge in [-0.25, -0.2) is 9.97 Å². The second kappa shape index (κ2) is 6.34. The smallest absolute Gasteiger partial charge is 0.225 e. The Hall–Kier alpha value is -2.11. The highest BCUT2D eigenvalue weighted by Gasteiger charge is 2.14. The van der Waals surface area contributed by atoms with Gasteiger partial charge in [0, 0.05) is 17.5 Å². The number of fused-ring (bicyclic) bond motifs is 1. The first kappa shape index (κ1) is 14.8. The number of aromatic nitrogens is 2. The van der Waals surface area contributed by atoms with Gasteiger partial charge >= 0.3 is 0 Å². The van der Waals surface area contributed by atoms with Crippen molar-refractivity contribution in [2.24, 2.45) is 0 Å². The van der Waals surface area contributed by atoms with Crippen LogP contribution in [0.5, 0.6) is 5.75 Å². The fourth-order valence-corrected chi connectivity index (χ4v) is 3.36. The summed E-state index contributed by atoms with van der Waals surface area (Å²) in [5.74, 6) is 1.55. The van der Waals surface area contributed by atoms with Crippen LogP contribution in [0.1, 0.15) is 0 Å². The molecule has 2 aromatic heterocycles. The molecule has 0 radical (unpaired) electrons. The van der Waals surface area contributed by atoms with Gasteiger partial charge in [0.25, 0.3) is 0 Å². The van der Waals surface area contributed by atoms with Crippen LogP contribution in [0.2, 0.25) is 5.28 Å². The highest BCUT2D eigenvalue weighted by Crippen LogP contribution is 2.37. The number of thiophene rings is 1. The van der Waals surface area contributed by atoms with Crippen LogP contribution in [0.4, 0.5) is 5.82 Å². The maximum absolute atomic E-state index is 6.00. The molecule has 22 heavy (non-hydrogen) atoms. The van der Waals surface area contributed by atoms with Crippen molar-refractivity contribution in [1.29, 1.82) is 0 Å². The van der Waals surface area contributed by atoms with Gasteiger partial charge in [0.1, 0.15) is 16.4 Å². The highest BCUT2D eigenvalue weighted by molar-refractivity contribution is 7.17. The number of hydrogen-bond acceptors (Lipinski definition) is 5. The molecule has 0 spiro atoms. The summed E-state index contributed by atoms with van der Waals surface area (Å²) in [6.45, 7) is 4.33. The zero-order chi connectivity index (χ0) is 15.5. The predicted molar refractivity (Wildman–Crippen MR) is 93.1 cm³/mol. The Kier molecular flexibility index (Phi) is 4.27. The molecule has 0 aliphatic heterocycles. The molecule has 0 saturated heterocycles. The lowest BCUT2D eigenvalue weighted by atomic mass is 10.1. The zero-order valence-electron chi connectivity index (χ0n) is 12.0. The monoisotopic (exact) mass is 331 g/mol. The molecule has 0 bridgehead atoms. The minimum atomic E-state index is 0.238. The van der Waals surface area contributed by atoms with E-state index in [4.69, 9.17) is 16.3 Å². The molecule has 4 nitrogen and oxygen atoms in total. The first-order chi connectivity index (χ1) is 10.7. The van der Waals surface area contributed by atoms with Crippen molar-refractivity contribution in [3.8, 4) is 16.9 Å². The van der Waals surface area contributed by atoms with Crippen LogP contribution in [-0.2, 0) is 0 Å². The second-order valence-corrected chi connectivity index (χ2v) is 5.77. The largest absolute Gasteiger partial charge is 0.497 e. The number of nitrogens with zero attached hydrogens (tertiary/aromatic N) is 2. The van der Waals surface area contributed by atoms with Gasteiger partial charge in [0.05, 0.1) is 12.5 Å². The van der Waals surface area contributed by atoms with Crippen LogP contribution < -0.4 is 10.1 Å². The van der Waals surface area contributed by atoms with Gasteiger partial charge in [-0.15, -0.1) is 17.9 Å². The third-order valence-corrected chi connectivity index (χ3v) is 4.26. The van der Waals surface area contributed by atoms with Crippen LogP contribution in [0, 0.1) is 0 Å². The van der Waals surface area contributed by atoms with Gasteiger partial charge in [-0.1, -0.05) is 18.2 Å². The van der Waals surface area contributed by atoms with Crippen LogP contribution in [0.15, 0.2) is 42.3 Å². The summed E-state index contributed by atoms with van der Waals surface area (Å²) in [5.41, 5.74) is 2.16. The van der Waals surface area contributed by atoms with Crippen molar-refractivity contribution in [3.05, 3.63) is 47.6 Å². The van der Waals surface area contributed by atoms with Gasteiger partial charge < -0.3 is 10.1 Å². The van der Waals surface area contributed by atoms with Crippen molar-refractivity contribution < 1.29 is 4.74 Å². The highest BCUT2D eigenvalue weighted by atomic mass is 35.5. The van der Waals surface area contributed by atoms with Crippen molar-refractivity contribution in [1.82, 2.24) is 9.97 Å². The van der Waals surface area contributed by atoms with E-state index < -0.39 is 0 Å². The third kappa shape index (κ3) is 2.77. The van der Waals surface area contributed by atoms with Gasteiger partial charge in [-0.05, 0) is 29.3 Å². The van der Waals surface area contributed by atoms with Gasteiger partial charge in [0.2, 0.25) is 5.28 Å². The molecule has 0 aliphatic rings. The molecule has 3 aromatic rings. The minimum Gasteiger partial charge on any atom is -0.497 e. The molecule has 0 saturated carbocycles. The Bertz CT molecular complexity index is 814. The fourth-order valence-electron chi connectivity index (χ4n) is 2.20. The Morgan fingerprint density at radius 1 is 1.32 bits per heavy atom. The van der Waals surface area contributed by atoms with Gasteiger partial charge in [0.15, 0.2) is 0 Å². The molecule has 0 fully saturated rings. The molecular weight excluding hydrogens is 318 g/mol. The maximum Gasteiger partial charge on any atom is 0.225 e. The average Bonchev–Trinajstić information content (AvgIpc) is 2.96. The summed E-state index contributed by atoms with van der Waals surface area (Å²) >= 11 is 7.55. The predicted octanol–water partition coefficient (Wildman–Crippen LogP) is 4.62. The van der Waals surface area contributed by atoms with E-state index in [-0.39, 0.29) is 5.28 Å². The number of benzene rings is 1. The lowest BCUT2D eigenvalue weighted by Crippen LogP contribution is -2.02. The van der Waals surface area contributed by atoms with Crippen molar-refractivity contribution in [3.63, 3.8) is 0 Å². The van der Waals surface area contributed by atoms with E-state index in [0.29, 0.717) is 6.54 Å². The van der Waals surface area contributed by atoms with Crippen LogP contribution in [0.25, 0.3) is 21.3 Å². The molecular formula is C16H14ClN3OS. The van der Waals surface area contributed by atoms with Crippen LogP contribution >= 0.6 is 22.9 Å². The van der Waals surface area contributed by atoms with E-state index >= 15 is 0 Å². The maximum atomic E-state index is 6.00. The first-order valence-electron chi connectivity index (χ1n) is 6.67. The molecule has 1 aromatic carbocycles. The normalized spacial score (nSPS) is 10.6. The average molecular weight is 332 g/mol. The van der Waals surface area contributed by atoms with E-state index in [1.165, 1.54) is 0 Å². The number of halogens is 1. The topological polar surface area (TPSA) is 47.0 Å². The van der Waals surface area contributed by atoms with Gasteiger partial charge in [-0.3, -0.25) is 0 Å². The van der Waals surface area contributed by atoms with E-state index in [2.05, 4.69) is 27.2 Å².